The van der Waals surface area contributed by atoms with Gasteiger partial charge in [0.15, 0.2) is 0 Å². The van der Waals surface area contributed by atoms with Crippen LogP contribution in [0.25, 0.3) is 0 Å². The fourth-order valence-electron chi connectivity index (χ4n) is 2.62. The number of nitrogens with zero attached hydrogens (tertiary/aromatic N) is 2. The molecule has 2 N–H and O–H groups in total. The van der Waals surface area contributed by atoms with Crippen LogP contribution in [0.5, 0.6) is 11.5 Å². The Labute approximate surface area is 163 Å². The lowest BCUT2D eigenvalue weighted by molar-refractivity contribution is 0.102. The highest BCUT2D eigenvalue weighted by atomic mass is 16.5. The summed E-state index contributed by atoms with van der Waals surface area (Å²) < 4.78 is 10.5. The molecule has 0 aliphatic rings. The highest BCUT2D eigenvalue weighted by molar-refractivity contribution is 6.03. The largest absolute Gasteiger partial charge is 0.497 e. The van der Waals surface area contributed by atoms with Gasteiger partial charge in [0.25, 0.3) is 5.91 Å². The maximum Gasteiger partial charge on any atom is 0.274 e. The number of amides is 1. The zero-order valence-corrected chi connectivity index (χ0v) is 15.8. The summed E-state index contributed by atoms with van der Waals surface area (Å²) in [6.45, 7) is 0.668. The molecular weight excluding hydrogens is 356 g/mol. The molecule has 1 aromatic heterocycles. The van der Waals surface area contributed by atoms with E-state index in [4.69, 9.17) is 9.47 Å². The number of benzene rings is 2. The van der Waals surface area contributed by atoms with Crippen LogP contribution in [0.3, 0.4) is 0 Å². The molecule has 0 saturated carbocycles. The van der Waals surface area contributed by atoms with Crippen LogP contribution in [0, 0.1) is 0 Å². The number of hydrogen-bond donors (Lipinski definition) is 2. The zero-order valence-electron chi connectivity index (χ0n) is 15.8. The van der Waals surface area contributed by atoms with Crippen molar-refractivity contribution in [1.29, 1.82) is 0 Å². The average molecular weight is 378 g/mol. The standard InChI is InChI=1S/C21H22N4O3/c1-27-16-8-9-17(19(14-16)28-2)24-20(26)18-11-13-23-21(25-18)22-12-10-15-6-4-3-5-7-15/h3-9,11,13-14H,10,12H2,1-2H3,(H,24,26)(H,22,23,25). The lowest BCUT2D eigenvalue weighted by Crippen LogP contribution is -2.16. The van der Waals surface area contributed by atoms with E-state index in [2.05, 4.69) is 32.7 Å². The van der Waals surface area contributed by atoms with Gasteiger partial charge in [-0.1, -0.05) is 30.3 Å². The van der Waals surface area contributed by atoms with Crippen molar-refractivity contribution in [2.45, 2.75) is 6.42 Å². The lowest BCUT2D eigenvalue weighted by Gasteiger charge is -2.12. The first-order valence-corrected chi connectivity index (χ1v) is 8.84. The Kier molecular flexibility index (Phi) is 6.41. The second-order valence-electron chi connectivity index (χ2n) is 5.95. The third-order valence-electron chi connectivity index (χ3n) is 4.08. The minimum atomic E-state index is -0.350. The van der Waals surface area contributed by atoms with E-state index in [9.17, 15) is 4.79 Å². The summed E-state index contributed by atoms with van der Waals surface area (Å²) in [7, 11) is 3.10. The van der Waals surface area contributed by atoms with Gasteiger partial charge in [-0.15, -0.1) is 0 Å². The van der Waals surface area contributed by atoms with E-state index in [1.54, 1.807) is 37.6 Å². The molecule has 144 valence electrons. The molecule has 2 aromatic carbocycles. The Bertz CT molecular complexity index is 932. The molecule has 0 aliphatic carbocycles. The van der Waals surface area contributed by atoms with Gasteiger partial charge >= 0.3 is 0 Å². The molecule has 0 atom stereocenters. The Balaban J connectivity index is 1.64. The summed E-state index contributed by atoms with van der Waals surface area (Å²) in [6.07, 6.45) is 2.39. The summed E-state index contributed by atoms with van der Waals surface area (Å²) in [5.41, 5.74) is 2.01. The number of hydrogen-bond acceptors (Lipinski definition) is 6. The highest BCUT2D eigenvalue weighted by Crippen LogP contribution is 2.29. The molecule has 0 aliphatic heterocycles. The first-order valence-electron chi connectivity index (χ1n) is 8.84. The normalized spacial score (nSPS) is 10.2. The molecule has 0 unspecified atom stereocenters. The smallest absolute Gasteiger partial charge is 0.274 e. The summed E-state index contributed by atoms with van der Waals surface area (Å²) in [4.78, 5) is 21.0. The van der Waals surface area contributed by atoms with Crippen LogP contribution < -0.4 is 20.1 Å². The fourth-order valence-corrected chi connectivity index (χ4v) is 2.62. The van der Waals surface area contributed by atoms with Crippen LogP contribution in [0.4, 0.5) is 11.6 Å². The number of anilines is 2. The number of methoxy groups -OCH3 is 2. The molecule has 1 amide bonds. The zero-order chi connectivity index (χ0) is 19.8. The maximum absolute atomic E-state index is 12.6. The molecule has 7 heteroatoms. The van der Waals surface area contributed by atoms with Crippen molar-refractivity contribution in [3.05, 3.63) is 72.1 Å². The second kappa shape index (κ2) is 9.36. The van der Waals surface area contributed by atoms with Gasteiger partial charge < -0.3 is 20.1 Å². The Hall–Kier alpha value is -3.61. The third kappa shape index (κ3) is 4.97. The van der Waals surface area contributed by atoms with E-state index < -0.39 is 0 Å². The predicted molar refractivity (Wildman–Crippen MR) is 108 cm³/mol. The van der Waals surface area contributed by atoms with Crippen molar-refractivity contribution in [2.75, 3.05) is 31.4 Å². The lowest BCUT2D eigenvalue weighted by atomic mass is 10.1. The third-order valence-corrected chi connectivity index (χ3v) is 4.08. The molecule has 1 heterocycles. The molecule has 0 radical (unpaired) electrons. The van der Waals surface area contributed by atoms with E-state index in [-0.39, 0.29) is 11.6 Å². The van der Waals surface area contributed by atoms with E-state index >= 15 is 0 Å². The molecule has 3 rings (SSSR count). The molecule has 0 saturated heterocycles. The highest BCUT2D eigenvalue weighted by Gasteiger charge is 2.13. The number of carbonyl (C=O) groups is 1. The van der Waals surface area contributed by atoms with Gasteiger partial charge in [-0.3, -0.25) is 4.79 Å². The molecule has 7 nitrogen and oxygen atoms in total. The van der Waals surface area contributed by atoms with Gasteiger partial charge in [0, 0.05) is 18.8 Å². The SMILES string of the molecule is COc1ccc(NC(=O)c2ccnc(NCCc3ccccc3)n2)c(OC)c1. The van der Waals surface area contributed by atoms with Gasteiger partial charge in [-0.05, 0) is 30.2 Å². The van der Waals surface area contributed by atoms with Crippen LogP contribution >= 0.6 is 0 Å². The van der Waals surface area contributed by atoms with E-state index in [0.29, 0.717) is 29.7 Å². The number of ether oxygens (including phenoxy) is 2. The van der Waals surface area contributed by atoms with Crippen molar-refractivity contribution in [1.82, 2.24) is 9.97 Å². The number of aromatic nitrogens is 2. The van der Waals surface area contributed by atoms with Gasteiger partial charge in [-0.25, -0.2) is 9.97 Å². The quantitative estimate of drug-likeness (QED) is 0.625. The molecule has 0 bridgehead atoms. The molecule has 0 spiro atoms. The molecular formula is C21H22N4O3. The molecule has 28 heavy (non-hydrogen) atoms. The van der Waals surface area contributed by atoms with Crippen LogP contribution in [0.1, 0.15) is 16.1 Å². The summed E-state index contributed by atoms with van der Waals surface area (Å²) >= 11 is 0. The van der Waals surface area contributed by atoms with E-state index in [0.717, 1.165) is 6.42 Å². The minimum absolute atomic E-state index is 0.259. The van der Waals surface area contributed by atoms with Crippen LogP contribution in [-0.4, -0.2) is 36.6 Å². The van der Waals surface area contributed by atoms with E-state index in [1.165, 1.54) is 12.7 Å². The minimum Gasteiger partial charge on any atom is -0.497 e. The van der Waals surface area contributed by atoms with Gasteiger partial charge in [-0.2, -0.15) is 0 Å². The van der Waals surface area contributed by atoms with Gasteiger partial charge in [0.1, 0.15) is 17.2 Å². The van der Waals surface area contributed by atoms with Crippen molar-refractivity contribution < 1.29 is 14.3 Å². The second-order valence-corrected chi connectivity index (χ2v) is 5.95. The van der Waals surface area contributed by atoms with Gasteiger partial charge in [0.2, 0.25) is 5.95 Å². The monoisotopic (exact) mass is 378 g/mol. The van der Waals surface area contributed by atoms with Crippen LogP contribution in [0.15, 0.2) is 60.8 Å². The first-order chi connectivity index (χ1) is 13.7. The van der Waals surface area contributed by atoms with Crippen molar-refractivity contribution in [3.8, 4) is 11.5 Å². The topological polar surface area (TPSA) is 85.4 Å². The maximum atomic E-state index is 12.6. The first kappa shape index (κ1) is 19.2. The summed E-state index contributed by atoms with van der Waals surface area (Å²) in [5.74, 6) is 1.20. The van der Waals surface area contributed by atoms with Crippen molar-refractivity contribution >= 4 is 17.5 Å². The fraction of sp³-hybridized carbons (Fsp3) is 0.190. The van der Waals surface area contributed by atoms with Gasteiger partial charge in [0.05, 0.1) is 19.9 Å². The summed E-state index contributed by atoms with van der Waals surface area (Å²) in [5, 5.41) is 5.95. The Morgan fingerprint density at radius 1 is 1.04 bits per heavy atom. The van der Waals surface area contributed by atoms with E-state index in [1.807, 2.05) is 18.2 Å². The van der Waals surface area contributed by atoms with Crippen molar-refractivity contribution in [3.63, 3.8) is 0 Å². The molecule has 3 aromatic rings. The molecule has 0 fully saturated rings. The Morgan fingerprint density at radius 3 is 2.61 bits per heavy atom. The number of rotatable bonds is 8. The number of nitrogens with one attached hydrogen (secondary N) is 2. The Morgan fingerprint density at radius 2 is 1.86 bits per heavy atom. The predicted octanol–water partition coefficient (Wildman–Crippen LogP) is 3.40. The van der Waals surface area contributed by atoms with Crippen molar-refractivity contribution in [2.24, 2.45) is 0 Å². The average Bonchev–Trinajstić information content (AvgIpc) is 2.75. The number of carbonyl (C=O) groups excluding carboxylic acids is 1. The van der Waals surface area contributed by atoms with Crippen LogP contribution in [-0.2, 0) is 6.42 Å². The summed E-state index contributed by atoms with van der Waals surface area (Å²) in [6, 6.07) is 16.8. The van der Waals surface area contributed by atoms with Crippen LogP contribution in [0.2, 0.25) is 0 Å².